The first-order valence-corrected chi connectivity index (χ1v) is 4.48. The predicted octanol–water partition coefficient (Wildman–Crippen LogP) is 1.32. The molecule has 1 aliphatic carbocycles. The highest BCUT2D eigenvalue weighted by Gasteiger charge is 2.23. The summed E-state index contributed by atoms with van der Waals surface area (Å²) >= 11 is 1.56. The lowest BCUT2D eigenvalue weighted by atomic mass is 10.0. The Hall–Kier alpha value is 0.0200. The van der Waals surface area contributed by atoms with Gasteiger partial charge >= 0.3 is 0 Å². The van der Waals surface area contributed by atoms with E-state index in [0.717, 1.165) is 5.92 Å². The second-order valence-electron chi connectivity index (χ2n) is 2.03. The van der Waals surface area contributed by atoms with Crippen LogP contribution in [-0.2, 0) is 4.79 Å². The van der Waals surface area contributed by atoms with Crippen LogP contribution in [-0.4, -0.2) is 17.8 Å². The summed E-state index contributed by atoms with van der Waals surface area (Å²) in [7, 11) is 0. The van der Waals surface area contributed by atoms with E-state index in [-0.39, 0.29) is 5.78 Å². The van der Waals surface area contributed by atoms with Crippen molar-refractivity contribution in [3.63, 3.8) is 0 Å². The molecule has 0 heterocycles. The van der Waals surface area contributed by atoms with E-state index in [1.165, 1.54) is 0 Å². The SMILES string of the molecule is CSCC(=O)[C]1[CH][CH][CH][CH]1. The molecule has 0 aliphatic heterocycles. The number of hydrogen-bond acceptors (Lipinski definition) is 2. The topological polar surface area (TPSA) is 17.1 Å². The zero-order valence-electron chi connectivity index (χ0n) is 5.83. The molecule has 5 radical (unpaired) electrons. The summed E-state index contributed by atoms with van der Waals surface area (Å²) in [6, 6.07) is 0. The summed E-state index contributed by atoms with van der Waals surface area (Å²) in [4.78, 5) is 11.1. The van der Waals surface area contributed by atoms with E-state index in [4.69, 9.17) is 0 Å². The average molecular weight is 153 g/mol. The molecule has 0 amide bonds. The number of ketones is 1. The molecular formula is C8H9OS. The first-order chi connectivity index (χ1) is 4.84. The lowest BCUT2D eigenvalue weighted by Crippen LogP contribution is -2.11. The Morgan fingerprint density at radius 3 is 2.60 bits per heavy atom. The fourth-order valence-electron chi connectivity index (χ4n) is 0.774. The summed E-state index contributed by atoms with van der Waals surface area (Å²) in [6.45, 7) is 0. The quantitative estimate of drug-likeness (QED) is 0.608. The van der Waals surface area contributed by atoms with Crippen LogP contribution in [0.3, 0.4) is 0 Å². The van der Waals surface area contributed by atoms with Crippen molar-refractivity contribution in [2.75, 3.05) is 12.0 Å². The number of rotatable bonds is 3. The number of carbonyl (C=O) groups excluding carboxylic acids is 1. The first kappa shape index (κ1) is 8.12. The lowest BCUT2D eigenvalue weighted by molar-refractivity contribution is -0.114. The number of hydrogen-bond donors (Lipinski definition) is 0. The maximum atomic E-state index is 11.1. The molecule has 0 spiro atoms. The van der Waals surface area contributed by atoms with Gasteiger partial charge in [0.15, 0.2) is 0 Å². The third kappa shape index (κ3) is 2.01. The summed E-state index contributed by atoms with van der Waals surface area (Å²) in [5.74, 6) is 1.64. The van der Waals surface area contributed by atoms with E-state index in [9.17, 15) is 4.79 Å². The van der Waals surface area contributed by atoms with Crippen LogP contribution >= 0.6 is 11.8 Å². The van der Waals surface area contributed by atoms with Crippen molar-refractivity contribution >= 4 is 17.5 Å². The molecule has 0 saturated heterocycles. The molecule has 2 heteroatoms. The zero-order valence-corrected chi connectivity index (χ0v) is 6.65. The number of thioether (sulfide) groups is 1. The summed E-state index contributed by atoms with van der Waals surface area (Å²) in [5.41, 5.74) is 0. The maximum Gasteiger partial charge on any atom is 0.150 e. The maximum absolute atomic E-state index is 11.1. The highest BCUT2D eigenvalue weighted by molar-refractivity contribution is 7.99. The van der Waals surface area contributed by atoms with Crippen molar-refractivity contribution in [2.45, 2.75) is 0 Å². The molecule has 0 N–H and O–H groups in total. The minimum atomic E-state index is 0.220. The van der Waals surface area contributed by atoms with Gasteiger partial charge in [0.2, 0.25) is 0 Å². The average Bonchev–Trinajstić information content (AvgIpc) is 2.38. The van der Waals surface area contributed by atoms with Gasteiger partial charge < -0.3 is 0 Å². The summed E-state index contributed by atoms with van der Waals surface area (Å²) in [5, 5.41) is 0. The van der Waals surface area contributed by atoms with Gasteiger partial charge in [0.25, 0.3) is 0 Å². The Bertz CT molecular complexity index is 116. The van der Waals surface area contributed by atoms with Gasteiger partial charge in [0, 0.05) is 5.92 Å². The molecule has 0 unspecified atom stereocenters. The molecule has 10 heavy (non-hydrogen) atoms. The van der Waals surface area contributed by atoms with Crippen LogP contribution < -0.4 is 0 Å². The predicted molar refractivity (Wildman–Crippen MR) is 43.8 cm³/mol. The van der Waals surface area contributed by atoms with Crippen molar-refractivity contribution in [2.24, 2.45) is 0 Å². The minimum absolute atomic E-state index is 0.220. The van der Waals surface area contributed by atoms with Crippen molar-refractivity contribution in [3.8, 4) is 0 Å². The molecule has 0 aromatic heterocycles. The highest BCUT2D eigenvalue weighted by atomic mass is 32.2. The van der Waals surface area contributed by atoms with Crippen molar-refractivity contribution in [1.29, 1.82) is 0 Å². The standard InChI is InChI=1S/C8H9OS/c1-10-6-8(9)7-4-2-3-5-7/h2-5H,6H2,1H3. The minimum Gasteiger partial charge on any atom is -0.298 e. The van der Waals surface area contributed by atoms with E-state index < -0.39 is 0 Å². The molecule has 1 aliphatic rings. The van der Waals surface area contributed by atoms with Crippen LogP contribution in [0, 0.1) is 31.6 Å². The fourth-order valence-corrected chi connectivity index (χ4v) is 1.20. The second kappa shape index (κ2) is 4.02. The van der Waals surface area contributed by atoms with E-state index in [1.54, 1.807) is 11.8 Å². The first-order valence-electron chi connectivity index (χ1n) is 3.08. The van der Waals surface area contributed by atoms with E-state index >= 15 is 0 Å². The van der Waals surface area contributed by atoms with Crippen LogP contribution in [0.25, 0.3) is 0 Å². The third-order valence-electron chi connectivity index (χ3n) is 1.26. The Morgan fingerprint density at radius 2 is 2.10 bits per heavy atom. The van der Waals surface area contributed by atoms with E-state index in [2.05, 4.69) is 0 Å². The van der Waals surface area contributed by atoms with Gasteiger partial charge in [-0.05, 0) is 31.9 Å². The van der Waals surface area contributed by atoms with Crippen molar-refractivity contribution in [1.82, 2.24) is 0 Å². The molecule has 53 valence electrons. The molecule has 1 saturated carbocycles. The molecule has 0 atom stereocenters. The monoisotopic (exact) mass is 153 g/mol. The van der Waals surface area contributed by atoms with Crippen molar-refractivity contribution < 1.29 is 4.79 Å². The summed E-state index contributed by atoms with van der Waals surface area (Å²) < 4.78 is 0. The van der Waals surface area contributed by atoms with Crippen LogP contribution in [0.15, 0.2) is 0 Å². The van der Waals surface area contributed by atoms with Gasteiger partial charge in [-0.2, -0.15) is 11.8 Å². The van der Waals surface area contributed by atoms with Crippen LogP contribution in [0.4, 0.5) is 0 Å². The molecule has 1 fully saturated rings. The molecule has 1 nitrogen and oxygen atoms in total. The van der Waals surface area contributed by atoms with Gasteiger partial charge in [0.1, 0.15) is 5.78 Å². The smallest absolute Gasteiger partial charge is 0.150 e. The van der Waals surface area contributed by atoms with E-state index in [1.807, 2.05) is 31.9 Å². The molecule has 0 aromatic rings. The second-order valence-corrected chi connectivity index (χ2v) is 2.90. The molecule has 0 bridgehead atoms. The van der Waals surface area contributed by atoms with Gasteiger partial charge in [-0.1, -0.05) is 0 Å². The van der Waals surface area contributed by atoms with Gasteiger partial charge in [0.05, 0.1) is 5.75 Å². The zero-order chi connectivity index (χ0) is 7.40. The normalized spacial score (nSPS) is 19.7. The third-order valence-corrected chi connectivity index (χ3v) is 1.81. The van der Waals surface area contributed by atoms with Crippen molar-refractivity contribution in [3.05, 3.63) is 31.6 Å². The largest absolute Gasteiger partial charge is 0.298 e. The number of carbonyl (C=O) groups is 1. The number of Topliss-reactive ketones (excluding diaryl/α,β-unsaturated/α-hetero) is 1. The van der Waals surface area contributed by atoms with Gasteiger partial charge in [-0.25, -0.2) is 0 Å². The Kier molecular flexibility index (Phi) is 3.26. The van der Waals surface area contributed by atoms with Gasteiger partial charge in [-0.3, -0.25) is 4.79 Å². The molecule has 1 rings (SSSR count). The van der Waals surface area contributed by atoms with Gasteiger partial charge in [-0.15, -0.1) is 0 Å². The van der Waals surface area contributed by atoms with E-state index in [0.29, 0.717) is 5.75 Å². The summed E-state index contributed by atoms with van der Waals surface area (Å²) in [6.07, 6.45) is 9.39. The molecule has 0 aromatic carbocycles. The lowest BCUT2D eigenvalue weighted by Gasteiger charge is -2.02. The van der Waals surface area contributed by atoms with Crippen LogP contribution in [0.5, 0.6) is 0 Å². The Labute approximate surface area is 66.6 Å². The molecular weight excluding hydrogens is 144 g/mol. The fraction of sp³-hybridized carbons (Fsp3) is 0.250. The van der Waals surface area contributed by atoms with Crippen LogP contribution in [0.1, 0.15) is 0 Å². The van der Waals surface area contributed by atoms with Crippen LogP contribution in [0.2, 0.25) is 0 Å². The Balaban J connectivity index is 2.25. The highest BCUT2D eigenvalue weighted by Crippen LogP contribution is 2.24. The Morgan fingerprint density at radius 1 is 1.50 bits per heavy atom.